The fourth-order valence-corrected chi connectivity index (χ4v) is 6.89. The molecule has 0 unspecified atom stereocenters. The number of rotatable bonds is 3. The van der Waals surface area contributed by atoms with Gasteiger partial charge in [0.05, 0.1) is 5.52 Å². The molecule has 1 heterocycles. The van der Waals surface area contributed by atoms with E-state index in [1.165, 1.54) is 0 Å². The number of benzene rings is 4. The van der Waals surface area contributed by atoms with Gasteiger partial charge in [-0.3, -0.25) is 0 Å². The first-order valence-electron chi connectivity index (χ1n) is 9.69. The van der Waals surface area contributed by atoms with Crippen molar-refractivity contribution in [2.75, 3.05) is 0 Å². The first-order valence-corrected chi connectivity index (χ1v) is 11.4. The van der Waals surface area contributed by atoms with E-state index < -0.39 is 7.14 Å². The Morgan fingerprint density at radius 2 is 1.17 bits per heavy atom. The third-order valence-electron chi connectivity index (χ3n) is 5.45. The molecule has 0 saturated carbocycles. The SMILES string of the molecule is Cc1cccc2c1c(P(=O)(c1ccccc1)c1ccccc1)nc1ccccc12. The van der Waals surface area contributed by atoms with Crippen molar-refractivity contribution in [2.45, 2.75) is 6.92 Å². The average molecular weight is 393 g/mol. The lowest BCUT2D eigenvalue weighted by Crippen LogP contribution is -2.28. The Morgan fingerprint density at radius 3 is 1.83 bits per heavy atom. The number of hydrogen-bond donors (Lipinski definition) is 0. The molecule has 0 aliphatic heterocycles. The number of fused-ring (bicyclic) bond motifs is 3. The van der Waals surface area contributed by atoms with Gasteiger partial charge < -0.3 is 4.57 Å². The molecule has 0 atom stereocenters. The molecule has 2 nitrogen and oxygen atoms in total. The number of para-hydroxylation sites is 1. The van der Waals surface area contributed by atoms with Gasteiger partial charge in [0.2, 0.25) is 0 Å². The smallest absolute Gasteiger partial charge is 0.189 e. The lowest BCUT2D eigenvalue weighted by Gasteiger charge is -2.22. The van der Waals surface area contributed by atoms with Crippen molar-refractivity contribution in [1.82, 2.24) is 4.98 Å². The summed E-state index contributed by atoms with van der Waals surface area (Å²) in [6.07, 6.45) is 0. The minimum atomic E-state index is -3.16. The monoisotopic (exact) mass is 393 g/mol. The Kier molecular flexibility index (Phi) is 4.30. The summed E-state index contributed by atoms with van der Waals surface area (Å²) >= 11 is 0. The summed E-state index contributed by atoms with van der Waals surface area (Å²) in [6.45, 7) is 2.07. The predicted molar refractivity (Wildman–Crippen MR) is 123 cm³/mol. The Balaban J connectivity index is 1.99. The van der Waals surface area contributed by atoms with Gasteiger partial charge in [0, 0.05) is 21.4 Å². The quantitative estimate of drug-likeness (QED) is 0.306. The minimum absolute atomic E-state index is 0.668. The van der Waals surface area contributed by atoms with Crippen molar-refractivity contribution in [2.24, 2.45) is 0 Å². The van der Waals surface area contributed by atoms with E-state index in [0.29, 0.717) is 5.44 Å². The van der Waals surface area contributed by atoms with Gasteiger partial charge in [0.25, 0.3) is 0 Å². The Bertz CT molecular complexity index is 1330. The molecule has 0 aliphatic carbocycles. The number of nitrogens with zero attached hydrogens (tertiary/aromatic N) is 1. The molecule has 5 rings (SSSR count). The molecule has 0 spiro atoms. The fourth-order valence-electron chi connectivity index (χ4n) is 4.06. The molecule has 0 saturated heterocycles. The molecule has 0 N–H and O–H groups in total. The Morgan fingerprint density at radius 1 is 0.621 bits per heavy atom. The van der Waals surface area contributed by atoms with Crippen molar-refractivity contribution >= 4 is 44.9 Å². The van der Waals surface area contributed by atoms with Gasteiger partial charge in [-0.25, -0.2) is 4.98 Å². The summed E-state index contributed by atoms with van der Waals surface area (Å²) in [5.41, 5.74) is 2.62. The van der Waals surface area contributed by atoms with Gasteiger partial charge in [-0.05, 0) is 23.9 Å². The summed E-state index contributed by atoms with van der Waals surface area (Å²) in [5, 5.41) is 4.78. The molecular weight excluding hydrogens is 373 g/mol. The molecule has 29 heavy (non-hydrogen) atoms. The Labute approximate surface area is 170 Å². The highest BCUT2D eigenvalue weighted by Crippen LogP contribution is 2.45. The van der Waals surface area contributed by atoms with Crippen molar-refractivity contribution in [1.29, 1.82) is 0 Å². The van der Waals surface area contributed by atoms with Gasteiger partial charge in [-0.15, -0.1) is 0 Å². The third-order valence-corrected chi connectivity index (χ3v) is 8.43. The predicted octanol–water partition coefficient (Wildman–Crippen LogP) is 5.34. The van der Waals surface area contributed by atoms with E-state index in [-0.39, 0.29) is 0 Å². The van der Waals surface area contributed by atoms with E-state index in [0.717, 1.165) is 37.8 Å². The van der Waals surface area contributed by atoms with Gasteiger partial charge >= 0.3 is 0 Å². The Hall–Kier alpha value is -3.22. The lowest BCUT2D eigenvalue weighted by molar-refractivity contribution is 0.592. The lowest BCUT2D eigenvalue weighted by atomic mass is 10.0. The molecule has 0 bridgehead atoms. The maximum Gasteiger partial charge on any atom is 0.189 e. The van der Waals surface area contributed by atoms with Crippen LogP contribution in [-0.2, 0) is 4.57 Å². The van der Waals surface area contributed by atoms with Crippen LogP contribution in [0.5, 0.6) is 0 Å². The van der Waals surface area contributed by atoms with Gasteiger partial charge in [0.1, 0.15) is 5.44 Å². The van der Waals surface area contributed by atoms with E-state index in [9.17, 15) is 4.57 Å². The molecule has 5 aromatic rings. The maximum absolute atomic E-state index is 15.0. The third kappa shape index (κ3) is 2.80. The van der Waals surface area contributed by atoms with Crippen LogP contribution in [-0.4, -0.2) is 4.98 Å². The summed E-state index contributed by atoms with van der Waals surface area (Å²) in [6, 6.07) is 33.8. The minimum Gasteiger partial charge on any atom is -0.307 e. The van der Waals surface area contributed by atoms with Gasteiger partial charge in [0.15, 0.2) is 7.14 Å². The van der Waals surface area contributed by atoms with E-state index in [2.05, 4.69) is 31.2 Å². The molecule has 0 aliphatic rings. The van der Waals surface area contributed by atoms with Crippen LogP contribution in [0.25, 0.3) is 21.7 Å². The summed E-state index contributed by atoms with van der Waals surface area (Å²) < 4.78 is 15.0. The average Bonchev–Trinajstić information content (AvgIpc) is 2.79. The molecule has 140 valence electrons. The van der Waals surface area contributed by atoms with Crippen LogP contribution in [0.2, 0.25) is 0 Å². The first kappa shape index (κ1) is 17.8. The highest BCUT2D eigenvalue weighted by Gasteiger charge is 2.33. The summed E-state index contributed by atoms with van der Waals surface area (Å²) in [4.78, 5) is 5.03. The first-order chi connectivity index (χ1) is 14.2. The van der Waals surface area contributed by atoms with Crippen molar-refractivity contribution in [3.63, 3.8) is 0 Å². The largest absolute Gasteiger partial charge is 0.307 e. The second-order valence-corrected chi connectivity index (χ2v) is 9.91. The van der Waals surface area contributed by atoms with Gasteiger partial charge in [-0.2, -0.15) is 0 Å². The molecule has 1 aromatic heterocycles. The van der Waals surface area contributed by atoms with Crippen LogP contribution in [0.1, 0.15) is 5.56 Å². The zero-order chi connectivity index (χ0) is 19.8. The zero-order valence-electron chi connectivity index (χ0n) is 16.1. The molecule has 3 heteroatoms. The normalized spacial score (nSPS) is 11.8. The number of hydrogen-bond acceptors (Lipinski definition) is 2. The van der Waals surface area contributed by atoms with E-state index in [1.807, 2.05) is 78.9 Å². The summed E-state index contributed by atoms with van der Waals surface area (Å²) in [5.74, 6) is 0. The highest BCUT2D eigenvalue weighted by molar-refractivity contribution is 7.85. The van der Waals surface area contributed by atoms with E-state index in [1.54, 1.807) is 0 Å². The van der Waals surface area contributed by atoms with Gasteiger partial charge in [-0.1, -0.05) is 97.1 Å². The van der Waals surface area contributed by atoms with Crippen LogP contribution in [0, 0.1) is 6.92 Å². The van der Waals surface area contributed by atoms with Crippen LogP contribution < -0.4 is 16.0 Å². The number of pyridine rings is 1. The van der Waals surface area contributed by atoms with Crippen molar-refractivity contribution in [3.8, 4) is 0 Å². The van der Waals surface area contributed by atoms with E-state index in [4.69, 9.17) is 4.98 Å². The number of aromatic nitrogens is 1. The van der Waals surface area contributed by atoms with Crippen LogP contribution in [0.4, 0.5) is 0 Å². The van der Waals surface area contributed by atoms with Crippen molar-refractivity contribution in [3.05, 3.63) is 109 Å². The second-order valence-electron chi connectivity index (χ2n) is 7.23. The summed E-state index contributed by atoms with van der Waals surface area (Å²) in [7, 11) is -3.16. The highest BCUT2D eigenvalue weighted by atomic mass is 31.2. The maximum atomic E-state index is 15.0. The molecule has 4 aromatic carbocycles. The molecule has 0 radical (unpaired) electrons. The second kappa shape index (κ2) is 6.99. The molecular formula is C26H20NOP. The van der Waals surface area contributed by atoms with E-state index >= 15 is 0 Å². The fraction of sp³-hybridized carbons (Fsp3) is 0.0385. The van der Waals surface area contributed by atoms with Crippen molar-refractivity contribution < 1.29 is 4.57 Å². The standard InChI is InChI=1S/C26H20NOP/c1-19-11-10-17-23-22-16-8-9-18-24(22)27-26(25(19)23)29(28,20-12-4-2-5-13-20)21-14-6-3-7-15-21/h2-18H,1H3. The van der Waals surface area contributed by atoms with Crippen LogP contribution in [0.3, 0.4) is 0 Å². The topological polar surface area (TPSA) is 30.0 Å². The van der Waals surface area contributed by atoms with Crippen LogP contribution in [0.15, 0.2) is 103 Å². The molecule has 0 amide bonds. The number of aryl methyl sites for hydroxylation is 1. The zero-order valence-corrected chi connectivity index (χ0v) is 17.0. The van der Waals surface area contributed by atoms with Crippen LogP contribution >= 0.6 is 7.14 Å². The molecule has 0 fully saturated rings.